The zero-order chi connectivity index (χ0) is 20.2. The van der Waals surface area contributed by atoms with Crippen molar-refractivity contribution in [2.45, 2.75) is 16.1 Å². The standard InChI is InChI=1S/C18H16Cl3NO5/c1-26-15(23)13-9-11(22-17(25)18(19,20)21)8-12(14(13)16(24)27-2)10-6-4-3-5-7-10/h3-8,12H,9H2,1-2H3,(H,22,25). The van der Waals surface area contributed by atoms with Gasteiger partial charge >= 0.3 is 11.9 Å². The minimum atomic E-state index is -2.18. The Kier molecular flexibility index (Phi) is 6.92. The summed E-state index contributed by atoms with van der Waals surface area (Å²) in [6, 6.07) is 8.93. The second kappa shape index (κ2) is 8.78. The molecular weight excluding hydrogens is 417 g/mol. The zero-order valence-electron chi connectivity index (χ0n) is 14.4. The minimum absolute atomic E-state index is 0.0559. The molecule has 2 rings (SSSR count). The van der Waals surface area contributed by atoms with Gasteiger partial charge in [-0.05, 0) is 5.56 Å². The van der Waals surface area contributed by atoms with Gasteiger partial charge in [0.15, 0.2) is 0 Å². The normalized spacial score (nSPS) is 17.1. The van der Waals surface area contributed by atoms with Crippen molar-refractivity contribution in [3.05, 3.63) is 58.8 Å². The third-order valence-corrected chi connectivity index (χ3v) is 4.41. The fourth-order valence-electron chi connectivity index (χ4n) is 2.71. The number of carbonyl (C=O) groups is 3. The van der Waals surface area contributed by atoms with E-state index in [4.69, 9.17) is 44.3 Å². The van der Waals surface area contributed by atoms with Crippen LogP contribution < -0.4 is 5.32 Å². The maximum Gasteiger partial charge on any atom is 0.335 e. The lowest BCUT2D eigenvalue weighted by atomic mass is 9.81. The molecule has 1 N–H and O–H groups in total. The lowest BCUT2D eigenvalue weighted by Crippen LogP contribution is -2.36. The molecule has 0 aromatic heterocycles. The van der Waals surface area contributed by atoms with Gasteiger partial charge in [0, 0.05) is 18.0 Å². The highest BCUT2D eigenvalue weighted by Gasteiger charge is 2.36. The average Bonchev–Trinajstić information content (AvgIpc) is 2.66. The van der Waals surface area contributed by atoms with Crippen molar-refractivity contribution in [3.8, 4) is 0 Å². The van der Waals surface area contributed by atoms with Crippen molar-refractivity contribution in [2.24, 2.45) is 0 Å². The van der Waals surface area contributed by atoms with Crippen LogP contribution in [0.5, 0.6) is 0 Å². The van der Waals surface area contributed by atoms with Crippen LogP contribution in [-0.2, 0) is 23.9 Å². The summed E-state index contributed by atoms with van der Waals surface area (Å²) >= 11 is 16.8. The summed E-state index contributed by atoms with van der Waals surface area (Å²) in [5, 5.41) is 2.48. The molecule has 27 heavy (non-hydrogen) atoms. The molecule has 1 aromatic carbocycles. The van der Waals surface area contributed by atoms with Crippen molar-refractivity contribution in [3.63, 3.8) is 0 Å². The largest absolute Gasteiger partial charge is 0.466 e. The van der Waals surface area contributed by atoms with E-state index in [1.54, 1.807) is 30.3 Å². The smallest absolute Gasteiger partial charge is 0.335 e. The van der Waals surface area contributed by atoms with Crippen LogP contribution in [0.1, 0.15) is 17.9 Å². The summed E-state index contributed by atoms with van der Waals surface area (Å²) in [4.78, 5) is 36.7. The number of halogens is 3. The molecule has 144 valence electrons. The summed E-state index contributed by atoms with van der Waals surface area (Å²) in [7, 11) is 2.41. The van der Waals surface area contributed by atoms with Crippen LogP contribution in [-0.4, -0.2) is 35.9 Å². The van der Waals surface area contributed by atoms with Crippen molar-refractivity contribution >= 4 is 52.6 Å². The monoisotopic (exact) mass is 431 g/mol. The van der Waals surface area contributed by atoms with E-state index in [2.05, 4.69) is 5.32 Å². The van der Waals surface area contributed by atoms with Gasteiger partial charge in [0.25, 0.3) is 9.70 Å². The van der Waals surface area contributed by atoms with E-state index >= 15 is 0 Å². The van der Waals surface area contributed by atoms with Crippen LogP contribution in [0.2, 0.25) is 0 Å². The second-order valence-electron chi connectivity index (χ2n) is 5.58. The number of methoxy groups -OCH3 is 2. The average molecular weight is 433 g/mol. The van der Waals surface area contributed by atoms with E-state index in [-0.39, 0.29) is 17.6 Å². The van der Waals surface area contributed by atoms with Gasteiger partial charge in [-0.3, -0.25) is 4.79 Å². The topological polar surface area (TPSA) is 81.7 Å². The summed E-state index contributed by atoms with van der Waals surface area (Å²) in [6.45, 7) is 0. The predicted molar refractivity (Wildman–Crippen MR) is 101 cm³/mol. The maximum absolute atomic E-state index is 12.4. The molecule has 1 aliphatic carbocycles. The van der Waals surface area contributed by atoms with Gasteiger partial charge in [-0.2, -0.15) is 0 Å². The Hall–Kier alpha value is -2.02. The SMILES string of the molecule is COC(=O)C1=C(C(=O)OC)C(c2ccccc2)C=C(NC(=O)C(Cl)(Cl)Cl)C1. The predicted octanol–water partition coefficient (Wildman–Crippen LogP) is 3.19. The zero-order valence-corrected chi connectivity index (χ0v) is 16.7. The first-order valence-electron chi connectivity index (χ1n) is 7.72. The molecule has 1 amide bonds. The minimum Gasteiger partial charge on any atom is -0.466 e. The quantitative estimate of drug-likeness (QED) is 0.584. The number of benzene rings is 1. The Morgan fingerprint density at radius 3 is 2.15 bits per heavy atom. The summed E-state index contributed by atoms with van der Waals surface area (Å²) in [6.07, 6.45) is 1.52. The lowest BCUT2D eigenvalue weighted by Gasteiger charge is -2.26. The number of carbonyl (C=O) groups excluding carboxylic acids is 3. The Bertz CT molecular complexity index is 812. The van der Waals surface area contributed by atoms with Crippen molar-refractivity contribution < 1.29 is 23.9 Å². The third-order valence-electron chi connectivity index (χ3n) is 3.90. The van der Waals surface area contributed by atoms with Crippen LogP contribution in [0.25, 0.3) is 0 Å². The van der Waals surface area contributed by atoms with E-state index in [1.807, 2.05) is 6.07 Å². The summed E-state index contributed by atoms with van der Waals surface area (Å²) < 4.78 is 7.47. The fourth-order valence-corrected chi connectivity index (χ4v) is 2.85. The number of hydrogen-bond acceptors (Lipinski definition) is 5. The molecule has 0 saturated heterocycles. The Morgan fingerprint density at radius 2 is 1.63 bits per heavy atom. The molecule has 0 aliphatic heterocycles. The van der Waals surface area contributed by atoms with Crippen LogP contribution in [0.4, 0.5) is 0 Å². The van der Waals surface area contributed by atoms with Crippen LogP contribution >= 0.6 is 34.8 Å². The van der Waals surface area contributed by atoms with Crippen LogP contribution in [0.3, 0.4) is 0 Å². The van der Waals surface area contributed by atoms with Crippen molar-refractivity contribution in [1.29, 1.82) is 0 Å². The molecule has 0 fully saturated rings. The van der Waals surface area contributed by atoms with Gasteiger partial charge in [0.1, 0.15) is 0 Å². The summed E-state index contributed by atoms with van der Waals surface area (Å²) in [5.41, 5.74) is 1.19. The molecule has 0 heterocycles. The Balaban J connectivity index is 2.56. The van der Waals surface area contributed by atoms with Gasteiger partial charge in [-0.15, -0.1) is 0 Å². The number of allylic oxidation sites excluding steroid dienone is 2. The molecule has 0 spiro atoms. The van der Waals surface area contributed by atoms with Gasteiger partial charge < -0.3 is 14.8 Å². The molecule has 9 heteroatoms. The van der Waals surface area contributed by atoms with Crippen LogP contribution in [0.15, 0.2) is 53.3 Å². The summed E-state index contributed by atoms with van der Waals surface area (Å²) in [5.74, 6) is -2.93. The van der Waals surface area contributed by atoms with E-state index in [0.717, 1.165) is 0 Å². The molecule has 0 bridgehead atoms. The molecule has 1 aliphatic rings. The van der Waals surface area contributed by atoms with Crippen molar-refractivity contribution in [1.82, 2.24) is 5.32 Å². The highest BCUT2D eigenvalue weighted by atomic mass is 35.6. The highest BCUT2D eigenvalue weighted by molar-refractivity contribution is 6.76. The molecule has 1 atom stereocenters. The number of nitrogens with one attached hydrogen (secondary N) is 1. The number of hydrogen-bond donors (Lipinski definition) is 1. The molecule has 0 saturated carbocycles. The Morgan fingerprint density at radius 1 is 1.04 bits per heavy atom. The van der Waals surface area contributed by atoms with E-state index in [0.29, 0.717) is 11.3 Å². The number of esters is 2. The van der Waals surface area contributed by atoms with Crippen LogP contribution in [0, 0.1) is 0 Å². The maximum atomic E-state index is 12.4. The second-order valence-corrected chi connectivity index (χ2v) is 7.87. The number of amides is 1. The number of alkyl halides is 3. The lowest BCUT2D eigenvalue weighted by molar-refractivity contribution is -0.139. The highest BCUT2D eigenvalue weighted by Crippen LogP contribution is 2.37. The van der Waals surface area contributed by atoms with E-state index in [1.165, 1.54) is 14.2 Å². The molecule has 0 radical (unpaired) electrons. The number of rotatable bonds is 4. The van der Waals surface area contributed by atoms with Crippen molar-refractivity contribution in [2.75, 3.05) is 14.2 Å². The first kappa shape index (κ1) is 21.3. The van der Waals surface area contributed by atoms with Gasteiger partial charge in [-0.25, -0.2) is 9.59 Å². The number of ether oxygens (including phenoxy) is 2. The molecule has 1 unspecified atom stereocenters. The molecule has 1 aromatic rings. The third kappa shape index (κ3) is 5.03. The fraction of sp³-hybridized carbons (Fsp3) is 0.278. The molecular formula is C18H16Cl3NO5. The van der Waals surface area contributed by atoms with Gasteiger partial charge in [0.05, 0.1) is 25.4 Å². The molecule has 6 nitrogen and oxygen atoms in total. The van der Waals surface area contributed by atoms with Gasteiger partial charge in [-0.1, -0.05) is 71.2 Å². The Labute approximate surface area is 171 Å². The van der Waals surface area contributed by atoms with E-state index < -0.39 is 27.6 Å². The van der Waals surface area contributed by atoms with E-state index in [9.17, 15) is 14.4 Å². The first-order chi connectivity index (χ1) is 12.7. The first-order valence-corrected chi connectivity index (χ1v) is 8.86. The van der Waals surface area contributed by atoms with Gasteiger partial charge in [0.2, 0.25) is 0 Å².